The number of rotatable bonds is 8. The van der Waals surface area contributed by atoms with E-state index >= 15 is 0 Å². The Bertz CT molecular complexity index is 607. The molecule has 1 aromatic carbocycles. The maximum Gasteiger partial charge on any atom is 0.242 e. The van der Waals surface area contributed by atoms with Crippen LogP contribution in [0.1, 0.15) is 32.1 Å². The monoisotopic (exact) mass is 310 g/mol. The van der Waals surface area contributed by atoms with Crippen LogP contribution in [0.3, 0.4) is 0 Å². The normalized spacial score (nSPS) is 20.2. The van der Waals surface area contributed by atoms with Gasteiger partial charge in [-0.1, -0.05) is 12.1 Å². The molecular formula is C15H22N2O3S. The van der Waals surface area contributed by atoms with Crippen LogP contribution in [-0.2, 0) is 10.0 Å². The minimum Gasteiger partial charge on any atom is -0.396 e. The summed E-state index contributed by atoms with van der Waals surface area (Å²) in [5, 5.41) is 12.4. The summed E-state index contributed by atoms with van der Waals surface area (Å²) in [6, 6.07) is 7.12. The Balaban J connectivity index is 1.73. The molecule has 2 aliphatic carbocycles. The zero-order valence-electron chi connectivity index (χ0n) is 12.0. The lowest BCUT2D eigenvalue weighted by Gasteiger charge is -2.18. The van der Waals surface area contributed by atoms with E-state index in [0.717, 1.165) is 32.1 Å². The lowest BCUT2D eigenvalue weighted by Crippen LogP contribution is -2.27. The third kappa shape index (κ3) is 3.56. The van der Waals surface area contributed by atoms with Crippen molar-refractivity contribution in [1.29, 1.82) is 0 Å². The fraction of sp³-hybridized carbons (Fsp3) is 0.600. The predicted molar refractivity (Wildman–Crippen MR) is 81.6 cm³/mol. The average molecular weight is 310 g/mol. The number of aliphatic hydroxyl groups is 1. The largest absolute Gasteiger partial charge is 0.396 e. The van der Waals surface area contributed by atoms with E-state index in [0.29, 0.717) is 17.1 Å². The Morgan fingerprint density at radius 2 is 1.95 bits per heavy atom. The van der Waals surface area contributed by atoms with E-state index in [9.17, 15) is 8.42 Å². The molecule has 0 spiro atoms. The third-order valence-electron chi connectivity index (χ3n) is 4.33. The Hall–Kier alpha value is -1.11. The topological polar surface area (TPSA) is 78.4 Å². The van der Waals surface area contributed by atoms with E-state index in [-0.39, 0.29) is 18.1 Å². The Labute approximate surface area is 125 Å². The van der Waals surface area contributed by atoms with Crippen LogP contribution >= 0.6 is 0 Å². The summed E-state index contributed by atoms with van der Waals surface area (Å²) in [4.78, 5) is 0.316. The van der Waals surface area contributed by atoms with Crippen LogP contribution in [0.2, 0.25) is 0 Å². The highest BCUT2D eigenvalue weighted by Gasteiger charge is 2.41. The number of anilines is 1. The van der Waals surface area contributed by atoms with Gasteiger partial charge in [-0.25, -0.2) is 13.1 Å². The second-order valence-corrected chi connectivity index (χ2v) is 7.90. The third-order valence-corrected chi connectivity index (χ3v) is 5.91. The molecule has 0 atom stereocenters. The molecule has 0 amide bonds. The predicted octanol–water partition coefficient (Wildman–Crippen LogP) is 1.70. The molecule has 0 unspecified atom stereocenters. The first kappa shape index (κ1) is 14.8. The molecule has 3 rings (SSSR count). The fourth-order valence-electron chi connectivity index (χ4n) is 2.54. The number of hydrogen-bond acceptors (Lipinski definition) is 4. The van der Waals surface area contributed by atoms with Crippen molar-refractivity contribution in [3.63, 3.8) is 0 Å². The maximum atomic E-state index is 12.4. The molecule has 3 N–H and O–H groups in total. The standard InChI is InChI=1S/C15H22N2O3S/c18-10-9-15(7-8-15)11-16-13-3-1-2-4-14(13)21(19,20)17-12-5-6-12/h1-4,12,16-18H,5-11H2. The van der Waals surface area contributed by atoms with Crippen molar-refractivity contribution in [2.24, 2.45) is 5.41 Å². The second-order valence-electron chi connectivity index (χ2n) is 6.22. The SMILES string of the molecule is O=S(=O)(NC1CC1)c1ccccc1NCC1(CCO)CC1. The van der Waals surface area contributed by atoms with Gasteiger partial charge < -0.3 is 10.4 Å². The lowest BCUT2D eigenvalue weighted by molar-refractivity contribution is 0.253. The summed E-state index contributed by atoms with van der Waals surface area (Å²) in [5.74, 6) is 0. The van der Waals surface area contributed by atoms with E-state index < -0.39 is 10.0 Å². The number of sulfonamides is 1. The van der Waals surface area contributed by atoms with Crippen molar-refractivity contribution in [1.82, 2.24) is 4.72 Å². The van der Waals surface area contributed by atoms with Gasteiger partial charge in [-0.3, -0.25) is 0 Å². The number of para-hydroxylation sites is 1. The van der Waals surface area contributed by atoms with Crippen LogP contribution in [0.4, 0.5) is 5.69 Å². The lowest BCUT2D eigenvalue weighted by atomic mass is 10.0. The highest BCUT2D eigenvalue weighted by atomic mass is 32.2. The summed E-state index contributed by atoms with van der Waals surface area (Å²) in [6.45, 7) is 0.897. The Kier molecular flexibility index (Phi) is 3.94. The smallest absolute Gasteiger partial charge is 0.242 e. The molecule has 0 saturated heterocycles. The molecule has 116 valence electrons. The highest BCUT2D eigenvalue weighted by molar-refractivity contribution is 7.89. The summed E-state index contributed by atoms with van der Waals surface area (Å²) in [5.41, 5.74) is 0.796. The quantitative estimate of drug-likeness (QED) is 0.683. The first-order valence-corrected chi connectivity index (χ1v) is 8.99. The summed E-state index contributed by atoms with van der Waals surface area (Å²) < 4.78 is 27.5. The van der Waals surface area contributed by atoms with Crippen LogP contribution in [0.25, 0.3) is 0 Å². The summed E-state index contributed by atoms with van der Waals surface area (Å²) in [7, 11) is -3.45. The van der Waals surface area contributed by atoms with Gasteiger partial charge in [-0.05, 0) is 49.7 Å². The van der Waals surface area contributed by atoms with Crippen molar-refractivity contribution < 1.29 is 13.5 Å². The van der Waals surface area contributed by atoms with Gasteiger partial charge in [-0.15, -0.1) is 0 Å². The molecule has 0 bridgehead atoms. The minimum atomic E-state index is -3.45. The molecule has 2 saturated carbocycles. The molecule has 0 aromatic heterocycles. The van der Waals surface area contributed by atoms with E-state index in [1.165, 1.54) is 0 Å². The molecule has 5 nitrogen and oxygen atoms in total. The van der Waals surface area contributed by atoms with Crippen molar-refractivity contribution in [3.8, 4) is 0 Å². The minimum absolute atomic E-state index is 0.104. The van der Waals surface area contributed by atoms with E-state index in [2.05, 4.69) is 10.0 Å². The number of aliphatic hydroxyl groups excluding tert-OH is 1. The van der Waals surface area contributed by atoms with E-state index in [1.807, 2.05) is 6.07 Å². The molecule has 1 aromatic rings. The maximum absolute atomic E-state index is 12.4. The summed E-state index contributed by atoms with van der Waals surface area (Å²) in [6.07, 6.45) is 4.81. The zero-order valence-corrected chi connectivity index (χ0v) is 12.8. The molecule has 6 heteroatoms. The van der Waals surface area contributed by atoms with Crippen LogP contribution in [0.5, 0.6) is 0 Å². The van der Waals surface area contributed by atoms with Gasteiger partial charge in [0.2, 0.25) is 10.0 Å². The van der Waals surface area contributed by atoms with E-state index in [4.69, 9.17) is 5.11 Å². The fourth-order valence-corrected chi connectivity index (χ4v) is 4.03. The van der Waals surface area contributed by atoms with Crippen molar-refractivity contribution in [2.75, 3.05) is 18.5 Å². The first-order valence-electron chi connectivity index (χ1n) is 7.51. The van der Waals surface area contributed by atoms with Gasteiger partial charge in [0.1, 0.15) is 4.90 Å². The highest BCUT2D eigenvalue weighted by Crippen LogP contribution is 2.48. The van der Waals surface area contributed by atoms with Gasteiger partial charge in [0.05, 0.1) is 5.69 Å². The molecule has 21 heavy (non-hydrogen) atoms. The molecule has 2 fully saturated rings. The molecule has 0 aliphatic heterocycles. The van der Waals surface area contributed by atoms with Gasteiger partial charge in [0, 0.05) is 19.2 Å². The Morgan fingerprint density at radius 3 is 2.57 bits per heavy atom. The van der Waals surface area contributed by atoms with Gasteiger partial charge in [0.25, 0.3) is 0 Å². The summed E-state index contributed by atoms with van der Waals surface area (Å²) >= 11 is 0. The van der Waals surface area contributed by atoms with Gasteiger partial charge >= 0.3 is 0 Å². The zero-order chi connectivity index (χ0) is 14.9. The van der Waals surface area contributed by atoms with Crippen molar-refractivity contribution in [2.45, 2.75) is 43.0 Å². The van der Waals surface area contributed by atoms with Crippen LogP contribution in [0, 0.1) is 5.41 Å². The van der Waals surface area contributed by atoms with Crippen LogP contribution in [-0.4, -0.2) is 32.7 Å². The second kappa shape index (κ2) is 5.59. The average Bonchev–Trinajstić information content (AvgIpc) is 3.36. The van der Waals surface area contributed by atoms with Crippen molar-refractivity contribution in [3.05, 3.63) is 24.3 Å². The molecule has 0 radical (unpaired) electrons. The number of hydrogen-bond donors (Lipinski definition) is 3. The molecule has 2 aliphatic rings. The Morgan fingerprint density at radius 1 is 1.24 bits per heavy atom. The van der Waals surface area contributed by atoms with E-state index in [1.54, 1.807) is 18.2 Å². The molecular weight excluding hydrogens is 288 g/mol. The number of benzene rings is 1. The number of nitrogens with one attached hydrogen (secondary N) is 2. The van der Waals surface area contributed by atoms with Gasteiger partial charge in [0.15, 0.2) is 0 Å². The first-order chi connectivity index (χ1) is 10.0. The van der Waals surface area contributed by atoms with Crippen molar-refractivity contribution >= 4 is 15.7 Å². The molecule has 0 heterocycles. The van der Waals surface area contributed by atoms with Gasteiger partial charge in [-0.2, -0.15) is 0 Å². The van der Waals surface area contributed by atoms with Crippen LogP contribution < -0.4 is 10.0 Å². The van der Waals surface area contributed by atoms with Crippen LogP contribution in [0.15, 0.2) is 29.2 Å².